The smallest absolute Gasteiger partial charge is 0.281 e. The summed E-state index contributed by atoms with van der Waals surface area (Å²) in [6, 6.07) is 19.1. The normalized spacial score (nSPS) is 14.8. The monoisotopic (exact) mass is 540 g/mol. The molecule has 3 aromatic carbocycles. The third-order valence-electron chi connectivity index (χ3n) is 5.27. The molecular formula is C26H22BrFN2O3S. The first-order valence-electron chi connectivity index (χ1n) is 10.6. The summed E-state index contributed by atoms with van der Waals surface area (Å²) in [5.41, 5.74) is 2.16. The fourth-order valence-corrected chi connectivity index (χ4v) is 4.19. The molecule has 8 heteroatoms. The first-order valence-corrected chi connectivity index (χ1v) is 11.8. The molecule has 0 aliphatic carbocycles. The van der Waals surface area contributed by atoms with E-state index in [2.05, 4.69) is 15.9 Å². The quantitative estimate of drug-likeness (QED) is 0.265. The molecule has 0 unspecified atom stereocenters. The largest absolute Gasteiger partial charge is 0.494 e. The number of rotatable bonds is 7. The second kappa shape index (κ2) is 10.4. The van der Waals surface area contributed by atoms with E-state index in [1.807, 2.05) is 19.1 Å². The van der Waals surface area contributed by atoms with Crippen LogP contribution in [0, 0.1) is 5.82 Å². The van der Waals surface area contributed by atoms with Gasteiger partial charge in [-0.15, -0.1) is 0 Å². The zero-order valence-corrected chi connectivity index (χ0v) is 21.0. The van der Waals surface area contributed by atoms with Crippen LogP contribution >= 0.6 is 28.1 Å². The molecule has 0 N–H and O–H groups in total. The van der Waals surface area contributed by atoms with Crippen LogP contribution in [0.4, 0.5) is 10.1 Å². The highest BCUT2D eigenvalue weighted by molar-refractivity contribution is 9.10. The van der Waals surface area contributed by atoms with Crippen molar-refractivity contribution in [2.75, 3.05) is 18.6 Å². The van der Waals surface area contributed by atoms with Gasteiger partial charge >= 0.3 is 0 Å². The third-order valence-corrected chi connectivity index (χ3v) is 6.22. The number of hydrogen-bond donors (Lipinski definition) is 0. The molecule has 1 aliphatic heterocycles. The Hall–Kier alpha value is -3.23. The van der Waals surface area contributed by atoms with Gasteiger partial charge in [0, 0.05) is 22.6 Å². The second-order valence-electron chi connectivity index (χ2n) is 7.50. The summed E-state index contributed by atoms with van der Waals surface area (Å²) in [6.07, 6.45) is 1.73. The molecule has 1 saturated heterocycles. The van der Waals surface area contributed by atoms with E-state index in [0.29, 0.717) is 40.0 Å². The topological polar surface area (TPSA) is 42.0 Å². The van der Waals surface area contributed by atoms with Crippen LogP contribution in [0.2, 0.25) is 0 Å². The number of ether oxygens (including phenoxy) is 2. The third kappa shape index (κ3) is 4.98. The Bertz CT molecular complexity index is 1260. The lowest BCUT2D eigenvalue weighted by Crippen LogP contribution is -2.31. The van der Waals surface area contributed by atoms with Crippen molar-refractivity contribution in [3.8, 4) is 11.5 Å². The Labute approximate surface area is 211 Å². The Morgan fingerprint density at radius 2 is 1.79 bits per heavy atom. The van der Waals surface area contributed by atoms with Crippen molar-refractivity contribution < 1.29 is 18.7 Å². The molecule has 1 amide bonds. The minimum Gasteiger partial charge on any atom is -0.494 e. The van der Waals surface area contributed by atoms with Crippen LogP contribution in [0.3, 0.4) is 0 Å². The predicted molar refractivity (Wildman–Crippen MR) is 138 cm³/mol. The molecule has 0 atom stereocenters. The van der Waals surface area contributed by atoms with Gasteiger partial charge in [0.05, 0.1) is 12.3 Å². The van der Waals surface area contributed by atoms with Crippen LogP contribution in [-0.4, -0.2) is 29.6 Å². The van der Waals surface area contributed by atoms with Gasteiger partial charge in [0.2, 0.25) is 0 Å². The molecule has 0 saturated carbocycles. The summed E-state index contributed by atoms with van der Waals surface area (Å²) in [6.45, 7) is 2.53. The lowest BCUT2D eigenvalue weighted by molar-refractivity contribution is -0.114. The number of carbonyl (C=O) groups excluding carboxylic acids is 1. The van der Waals surface area contributed by atoms with Gasteiger partial charge in [-0.3, -0.25) is 9.69 Å². The zero-order valence-electron chi connectivity index (χ0n) is 18.6. The molecule has 5 nitrogen and oxygen atoms in total. The van der Waals surface area contributed by atoms with Gasteiger partial charge in [0.15, 0.2) is 5.11 Å². The van der Waals surface area contributed by atoms with Gasteiger partial charge in [0.1, 0.15) is 29.6 Å². The predicted octanol–water partition coefficient (Wildman–Crippen LogP) is 6.17. The van der Waals surface area contributed by atoms with Crippen LogP contribution in [0.5, 0.6) is 11.5 Å². The lowest BCUT2D eigenvalue weighted by atomic mass is 10.1. The maximum Gasteiger partial charge on any atom is 0.281 e. The minimum absolute atomic E-state index is 0.0605. The molecule has 34 heavy (non-hydrogen) atoms. The lowest BCUT2D eigenvalue weighted by Gasteiger charge is -2.16. The van der Waals surface area contributed by atoms with E-state index in [1.165, 1.54) is 11.0 Å². The number of nitrogens with zero attached hydrogens (tertiary/aromatic N) is 2. The summed E-state index contributed by atoms with van der Waals surface area (Å²) in [7, 11) is 1.75. The van der Waals surface area contributed by atoms with Gasteiger partial charge in [-0.05, 0) is 73.7 Å². The Kier molecular flexibility index (Phi) is 7.29. The van der Waals surface area contributed by atoms with Crippen molar-refractivity contribution in [3.05, 3.63) is 93.8 Å². The minimum atomic E-state index is -0.332. The van der Waals surface area contributed by atoms with Gasteiger partial charge in [0.25, 0.3) is 5.91 Å². The molecule has 174 valence electrons. The van der Waals surface area contributed by atoms with Gasteiger partial charge in [-0.25, -0.2) is 4.39 Å². The Morgan fingerprint density at radius 3 is 2.50 bits per heavy atom. The second-order valence-corrected chi connectivity index (χ2v) is 8.78. The van der Waals surface area contributed by atoms with Crippen molar-refractivity contribution in [3.63, 3.8) is 0 Å². The van der Waals surface area contributed by atoms with E-state index < -0.39 is 0 Å². The fourth-order valence-electron chi connectivity index (χ4n) is 3.52. The maximum absolute atomic E-state index is 14.0. The zero-order chi connectivity index (χ0) is 24.2. The molecule has 1 fully saturated rings. The van der Waals surface area contributed by atoms with Crippen LogP contribution in [0.1, 0.15) is 18.1 Å². The van der Waals surface area contributed by atoms with Gasteiger partial charge in [-0.1, -0.05) is 34.1 Å². The first kappa shape index (κ1) is 23.9. The molecule has 1 aliphatic rings. The van der Waals surface area contributed by atoms with Crippen molar-refractivity contribution in [2.45, 2.75) is 13.5 Å². The van der Waals surface area contributed by atoms with E-state index in [9.17, 15) is 9.18 Å². The maximum atomic E-state index is 14.0. The number of benzene rings is 3. The SMILES string of the molecule is CCOc1ccc(N2C(=O)/C(=C/c3cc(Br)ccc3OCc3ccccc3F)N(C)C2=S)cc1. The van der Waals surface area contributed by atoms with Crippen LogP contribution in [0.15, 0.2) is 76.9 Å². The summed E-state index contributed by atoms with van der Waals surface area (Å²) in [4.78, 5) is 16.5. The van der Waals surface area contributed by atoms with Crippen molar-refractivity contribution in [1.82, 2.24) is 4.90 Å². The number of likely N-dealkylation sites (N-methyl/N-ethyl adjacent to an activating group) is 1. The molecule has 0 aromatic heterocycles. The fraction of sp³-hybridized carbons (Fsp3) is 0.154. The Balaban J connectivity index is 1.63. The molecule has 3 aromatic rings. The van der Waals surface area contributed by atoms with Crippen molar-refractivity contribution >= 4 is 50.9 Å². The first-order chi connectivity index (χ1) is 16.4. The molecule has 4 rings (SSSR count). The number of anilines is 1. The van der Waals surface area contributed by atoms with E-state index >= 15 is 0 Å². The van der Waals surface area contributed by atoms with Crippen LogP contribution in [-0.2, 0) is 11.4 Å². The highest BCUT2D eigenvalue weighted by Gasteiger charge is 2.37. The highest BCUT2D eigenvalue weighted by atomic mass is 79.9. The Morgan fingerprint density at radius 1 is 1.06 bits per heavy atom. The summed E-state index contributed by atoms with van der Waals surface area (Å²) in [5, 5.41) is 0.365. The number of hydrogen-bond acceptors (Lipinski definition) is 4. The van der Waals surface area contributed by atoms with Crippen molar-refractivity contribution in [2.24, 2.45) is 0 Å². The highest BCUT2D eigenvalue weighted by Crippen LogP contribution is 2.32. The van der Waals surface area contributed by atoms with Crippen LogP contribution in [0.25, 0.3) is 6.08 Å². The van der Waals surface area contributed by atoms with Crippen molar-refractivity contribution in [1.29, 1.82) is 0 Å². The van der Waals surface area contributed by atoms with E-state index in [4.69, 9.17) is 21.7 Å². The van der Waals surface area contributed by atoms with Crippen LogP contribution < -0.4 is 14.4 Å². The van der Waals surface area contributed by atoms with E-state index in [1.54, 1.807) is 66.6 Å². The number of halogens is 2. The van der Waals surface area contributed by atoms with E-state index in [-0.39, 0.29) is 18.3 Å². The number of carbonyl (C=O) groups is 1. The summed E-state index contributed by atoms with van der Waals surface area (Å²) < 4.78 is 26.2. The number of amides is 1. The average molecular weight is 541 g/mol. The molecule has 0 bridgehead atoms. The molecule has 0 spiro atoms. The molecule has 0 radical (unpaired) electrons. The van der Waals surface area contributed by atoms with E-state index in [0.717, 1.165) is 10.2 Å². The number of thiocarbonyl (C=S) groups is 1. The summed E-state index contributed by atoms with van der Waals surface area (Å²) in [5.74, 6) is 0.655. The van der Waals surface area contributed by atoms with Gasteiger partial charge in [-0.2, -0.15) is 0 Å². The summed E-state index contributed by atoms with van der Waals surface area (Å²) >= 11 is 9.04. The standard InChI is InChI=1S/C26H22BrFN2O3S/c1-3-32-21-11-9-20(10-12-21)30-25(31)23(29(2)26(30)34)15-18-14-19(27)8-13-24(18)33-16-17-6-4-5-7-22(17)28/h4-15H,3,16H2,1-2H3/b23-15-. The van der Waals surface area contributed by atoms with Gasteiger partial charge < -0.3 is 14.4 Å². The average Bonchev–Trinajstić information content (AvgIpc) is 3.03. The molecule has 1 heterocycles. The molecular weight excluding hydrogens is 519 g/mol.